The summed E-state index contributed by atoms with van der Waals surface area (Å²) in [4.78, 5) is 0.228. The second kappa shape index (κ2) is 8.40. The maximum Gasteiger partial charge on any atom is 0.279 e. The number of hydrogen-bond donors (Lipinski definition) is 0. The molecule has 0 aliphatic carbocycles. The summed E-state index contributed by atoms with van der Waals surface area (Å²) in [7, 11) is -3.77. The first-order valence-corrected chi connectivity index (χ1v) is 10.5. The van der Waals surface area contributed by atoms with E-state index >= 15 is 0 Å². The quantitative estimate of drug-likeness (QED) is 0.445. The minimum Gasteiger partial charge on any atom is -0.200 e. The average molecular weight is 393 g/mol. The van der Waals surface area contributed by atoms with Gasteiger partial charge >= 0.3 is 0 Å². The van der Waals surface area contributed by atoms with Crippen molar-refractivity contribution in [3.05, 3.63) is 101 Å². The van der Waals surface area contributed by atoms with Crippen LogP contribution >= 0.6 is 0 Å². The molecule has 0 atom stereocenters. The lowest BCUT2D eigenvalue weighted by molar-refractivity contribution is 0.427. The molecule has 28 heavy (non-hydrogen) atoms. The molecule has 0 spiro atoms. The van der Waals surface area contributed by atoms with Gasteiger partial charge in [0.25, 0.3) is 10.0 Å². The van der Waals surface area contributed by atoms with E-state index in [1.165, 1.54) is 0 Å². The first-order valence-electron chi connectivity index (χ1n) is 9.10. The van der Waals surface area contributed by atoms with E-state index in [-0.39, 0.29) is 11.4 Å². The van der Waals surface area contributed by atoms with Crippen molar-refractivity contribution < 1.29 is 8.42 Å². The highest BCUT2D eigenvalue weighted by molar-refractivity contribution is 7.89. The van der Waals surface area contributed by atoms with E-state index in [2.05, 4.69) is 5.10 Å². The van der Waals surface area contributed by atoms with Gasteiger partial charge in [0.05, 0.1) is 17.7 Å². The van der Waals surface area contributed by atoms with Crippen molar-refractivity contribution in [3.8, 4) is 0 Å². The third-order valence-corrected chi connectivity index (χ3v) is 6.09. The van der Waals surface area contributed by atoms with Gasteiger partial charge in [-0.2, -0.15) is 17.9 Å². The molecule has 0 radical (unpaired) electrons. The van der Waals surface area contributed by atoms with E-state index in [0.29, 0.717) is 0 Å². The Labute approximate surface area is 167 Å². The zero-order chi connectivity index (χ0) is 20.1. The number of benzene rings is 3. The minimum absolute atomic E-state index is 0.166. The van der Waals surface area contributed by atoms with Crippen molar-refractivity contribution >= 4 is 16.2 Å². The molecule has 0 unspecified atom stereocenters. The summed E-state index contributed by atoms with van der Waals surface area (Å²) in [6.07, 6.45) is 1.58. The lowest BCUT2D eigenvalue weighted by Gasteiger charge is -2.19. The Morgan fingerprint density at radius 3 is 1.75 bits per heavy atom. The molecule has 0 amide bonds. The largest absolute Gasteiger partial charge is 0.279 e. The highest BCUT2D eigenvalue weighted by atomic mass is 32.2. The fraction of sp³-hybridized carbons (Fsp3) is 0.174. The lowest BCUT2D eigenvalue weighted by Crippen LogP contribution is -2.26. The summed E-state index contributed by atoms with van der Waals surface area (Å²) >= 11 is 0. The van der Waals surface area contributed by atoms with Gasteiger partial charge in [-0.15, -0.1) is 0 Å². The monoisotopic (exact) mass is 392 g/mol. The average Bonchev–Trinajstić information content (AvgIpc) is 2.68. The summed E-state index contributed by atoms with van der Waals surface area (Å²) in [5, 5.41) is 4.33. The van der Waals surface area contributed by atoms with Gasteiger partial charge in [0, 0.05) is 0 Å². The number of sulfonamides is 1. The number of aryl methyl sites for hydroxylation is 3. The van der Waals surface area contributed by atoms with Crippen molar-refractivity contribution in [2.75, 3.05) is 0 Å². The maximum absolute atomic E-state index is 13.2. The predicted octanol–water partition coefficient (Wildman–Crippen LogP) is 4.84. The molecule has 3 aromatic rings. The van der Waals surface area contributed by atoms with E-state index < -0.39 is 10.0 Å². The SMILES string of the molecule is Cc1ccc(/C=N/N(Cc2ccc(C)cc2)S(=O)(=O)c2ccc(C)cc2)cc1. The van der Waals surface area contributed by atoms with Crippen molar-refractivity contribution in [2.45, 2.75) is 32.2 Å². The van der Waals surface area contributed by atoms with Crippen LogP contribution in [-0.4, -0.2) is 19.0 Å². The van der Waals surface area contributed by atoms with E-state index in [1.807, 2.05) is 69.3 Å². The van der Waals surface area contributed by atoms with Crippen LogP contribution in [0.2, 0.25) is 0 Å². The molecular formula is C23H24N2O2S. The van der Waals surface area contributed by atoms with Gasteiger partial charge in [-0.05, 0) is 44.0 Å². The molecule has 0 bridgehead atoms. The second-order valence-corrected chi connectivity index (χ2v) is 8.78. The highest BCUT2D eigenvalue weighted by Gasteiger charge is 2.23. The first-order chi connectivity index (χ1) is 13.3. The molecule has 0 saturated carbocycles. The van der Waals surface area contributed by atoms with Gasteiger partial charge in [-0.1, -0.05) is 77.4 Å². The van der Waals surface area contributed by atoms with Crippen LogP contribution in [0.4, 0.5) is 0 Å². The molecule has 0 heterocycles. The van der Waals surface area contributed by atoms with Crippen molar-refractivity contribution in [2.24, 2.45) is 5.10 Å². The third kappa shape index (κ3) is 4.87. The minimum atomic E-state index is -3.77. The van der Waals surface area contributed by atoms with Gasteiger partial charge in [0.2, 0.25) is 0 Å². The smallest absolute Gasteiger partial charge is 0.200 e. The number of hydrazone groups is 1. The topological polar surface area (TPSA) is 49.7 Å². The van der Waals surface area contributed by atoms with E-state index in [4.69, 9.17) is 0 Å². The zero-order valence-electron chi connectivity index (χ0n) is 16.3. The summed E-state index contributed by atoms with van der Waals surface area (Å²) in [5.74, 6) is 0. The number of rotatable bonds is 6. The van der Waals surface area contributed by atoms with E-state index in [0.717, 1.165) is 32.2 Å². The van der Waals surface area contributed by atoms with Crippen LogP contribution in [0, 0.1) is 20.8 Å². The molecular weight excluding hydrogens is 368 g/mol. The summed E-state index contributed by atoms with van der Waals surface area (Å²) in [5.41, 5.74) is 4.99. The van der Waals surface area contributed by atoms with Gasteiger partial charge < -0.3 is 0 Å². The molecule has 0 aliphatic rings. The zero-order valence-corrected chi connectivity index (χ0v) is 17.1. The normalized spacial score (nSPS) is 11.7. The standard InChI is InChI=1S/C23H24N2O2S/c1-18-4-10-21(11-5-18)16-24-25(17-22-12-6-19(2)7-13-22)28(26,27)23-14-8-20(3)9-15-23/h4-16H,17H2,1-3H3/b24-16+. The van der Waals surface area contributed by atoms with Gasteiger partial charge in [-0.25, -0.2) is 0 Å². The Hall–Kier alpha value is -2.92. The van der Waals surface area contributed by atoms with Crippen LogP contribution in [0.1, 0.15) is 27.8 Å². The van der Waals surface area contributed by atoms with E-state index in [1.54, 1.807) is 30.5 Å². The Morgan fingerprint density at radius 2 is 1.21 bits per heavy atom. The van der Waals surface area contributed by atoms with Crippen LogP contribution in [0.3, 0.4) is 0 Å². The molecule has 0 fully saturated rings. The Kier molecular flexibility index (Phi) is 5.95. The fourth-order valence-corrected chi connectivity index (χ4v) is 3.87. The van der Waals surface area contributed by atoms with Crippen molar-refractivity contribution in [3.63, 3.8) is 0 Å². The van der Waals surface area contributed by atoms with E-state index in [9.17, 15) is 8.42 Å². The maximum atomic E-state index is 13.2. The van der Waals surface area contributed by atoms with Crippen LogP contribution in [0.25, 0.3) is 0 Å². The molecule has 0 aliphatic heterocycles. The third-order valence-electron chi connectivity index (χ3n) is 4.45. The molecule has 3 rings (SSSR count). The first kappa shape index (κ1) is 19.8. The molecule has 4 nitrogen and oxygen atoms in total. The molecule has 3 aromatic carbocycles. The molecule has 5 heteroatoms. The molecule has 0 saturated heterocycles. The summed E-state index contributed by atoms with van der Waals surface area (Å²) in [6.45, 7) is 6.10. The van der Waals surface area contributed by atoms with Crippen LogP contribution in [-0.2, 0) is 16.6 Å². The Bertz CT molecular complexity index is 1050. The highest BCUT2D eigenvalue weighted by Crippen LogP contribution is 2.20. The second-order valence-electron chi connectivity index (χ2n) is 6.94. The van der Waals surface area contributed by atoms with Crippen LogP contribution in [0.5, 0.6) is 0 Å². The Balaban J connectivity index is 1.96. The van der Waals surface area contributed by atoms with Crippen LogP contribution in [0.15, 0.2) is 82.8 Å². The molecule has 0 aromatic heterocycles. The number of hydrogen-bond acceptors (Lipinski definition) is 3. The number of nitrogens with zero attached hydrogens (tertiary/aromatic N) is 2. The van der Waals surface area contributed by atoms with Gasteiger partial charge in [-0.3, -0.25) is 0 Å². The summed E-state index contributed by atoms with van der Waals surface area (Å²) < 4.78 is 27.6. The van der Waals surface area contributed by atoms with Crippen molar-refractivity contribution in [1.29, 1.82) is 0 Å². The summed E-state index contributed by atoms with van der Waals surface area (Å²) in [6, 6.07) is 22.4. The van der Waals surface area contributed by atoms with Gasteiger partial charge in [0.15, 0.2) is 0 Å². The Morgan fingerprint density at radius 1 is 0.750 bits per heavy atom. The molecule has 144 valence electrons. The molecule has 0 N–H and O–H groups in total. The van der Waals surface area contributed by atoms with Gasteiger partial charge in [0.1, 0.15) is 0 Å². The lowest BCUT2D eigenvalue weighted by atomic mass is 10.1. The van der Waals surface area contributed by atoms with Crippen molar-refractivity contribution in [1.82, 2.24) is 4.41 Å². The van der Waals surface area contributed by atoms with Crippen LogP contribution < -0.4 is 0 Å². The fourth-order valence-electron chi connectivity index (χ4n) is 2.65. The predicted molar refractivity (Wildman–Crippen MR) is 114 cm³/mol.